The number of aromatic nitrogens is 6. The average molecular weight is 350 g/mol. The number of hydrogen-bond donors (Lipinski definition) is 0. The molecule has 0 unspecified atom stereocenters. The third-order valence-corrected chi connectivity index (χ3v) is 4.59. The molecule has 0 amide bonds. The smallest absolute Gasteiger partial charge is 0.247 e. The van der Waals surface area contributed by atoms with Crippen LogP contribution in [-0.2, 0) is 12.8 Å². The fourth-order valence-electron chi connectivity index (χ4n) is 2.33. The summed E-state index contributed by atoms with van der Waals surface area (Å²) in [4.78, 5) is 4.02. The van der Waals surface area contributed by atoms with Crippen LogP contribution in [-0.4, -0.2) is 29.9 Å². The standard InChI is InChI=1S/C17H14N6OS/c1-23-15(12-7-9-18-10-8-12)20-22-17(23)25-11-14-19-21-16(24-14)13-5-3-2-4-6-13/h2-10H,11H2,1H3. The molecular weight excluding hydrogens is 336 g/mol. The maximum absolute atomic E-state index is 5.71. The van der Waals surface area contributed by atoms with Gasteiger partial charge in [-0.3, -0.25) is 4.98 Å². The van der Waals surface area contributed by atoms with Crippen LogP contribution in [0, 0.1) is 0 Å². The van der Waals surface area contributed by atoms with Crippen molar-refractivity contribution in [3.05, 3.63) is 60.7 Å². The third kappa shape index (κ3) is 3.29. The topological polar surface area (TPSA) is 82.5 Å². The first-order chi connectivity index (χ1) is 12.3. The SMILES string of the molecule is Cn1c(SCc2nnc(-c3ccccc3)o2)nnc1-c1ccncc1. The molecule has 3 aromatic heterocycles. The second-order valence-corrected chi connectivity index (χ2v) is 6.20. The van der Waals surface area contributed by atoms with E-state index in [-0.39, 0.29) is 0 Å². The molecule has 1 aromatic carbocycles. The van der Waals surface area contributed by atoms with Gasteiger partial charge in [-0.2, -0.15) is 0 Å². The van der Waals surface area contributed by atoms with E-state index < -0.39 is 0 Å². The van der Waals surface area contributed by atoms with Crippen LogP contribution in [0.3, 0.4) is 0 Å². The summed E-state index contributed by atoms with van der Waals surface area (Å²) in [6, 6.07) is 13.5. The highest BCUT2D eigenvalue weighted by Gasteiger charge is 2.13. The van der Waals surface area contributed by atoms with Crippen molar-refractivity contribution < 1.29 is 4.42 Å². The van der Waals surface area contributed by atoms with Gasteiger partial charge < -0.3 is 8.98 Å². The largest absolute Gasteiger partial charge is 0.420 e. The summed E-state index contributed by atoms with van der Waals surface area (Å²) in [6.45, 7) is 0. The van der Waals surface area contributed by atoms with E-state index in [0.717, 1.165) is 22.1 Å². The molecule has 0 aliphatic carbocycles. The minimum atomic E-state index is 0.520. The number of hydrogen-bond acceptors (Lipinski definition) is 7. The lowest BCUT2D eigenvalue weighted by atomic mass is 10.2. The lowest BCUT2D eigenvalue weighted by Gasteiger charge is -2.02. The monoisotopic (exact) mass is 350 g/mol. The molecule has 0 bridgehead atoms. The molecule has 0 spiro atoms. The third-order valence-electron chi connectivity index (χ3n) is 3.59. The Kier molecular flexibility index (Phi) is 4.26. The van der Waals surface area contributed by atoms with Crippen LogP contribution < -0.4 is 0 Å². The minimum Gasteiger partial charge on any atom is -0.420 e. The Labute approximate surface area is 148 Å². The summed E-state index contributed by atoms with van der Waals surface area (Å²) in [5.41, 5.74) is 1.88. The maximum atomic E-state index is 5.71. The first kappa shape index (κ1) is 15.5. The van der Waals surface area contributed by atoms with E-state index in [9.17, 15) is 0 Å². The van der Waals surface area contributed by atoms with Gasteiger partial charge in [0, 0.05) is 30.6 Å². The molecule has 7 nitrogen and oxygen atoms in total. The Morgan fingerprint density at radius 1 is 0.920 bits per heavy atom. The van der Waals surface area contributed by atoms with Gasteiger partial charge in [-0.1, -0.05) is 30.0 Å². The summed E-state index contributed by atoms with van der Waals surface area (Å²) in [5, 5.41) is 17.5. The van der Waals surface area contributed by atoms with Crippen LogP contribution in [0.5, 0.6) is 0 Å². The van der Waals surface area contributed by atoms with Gasteiger partial charge in [0.1, 0.15) is 0 Å². The quantitative estimate of drug-likeness (QED) is 0.511. The molecule has 0 saturated carbocycles. The molecule has 3 heterocycles. The van der Waals surface area contributed by atoms with E-state index >= 15 is 0 Å². The van der Waals surface area contributed by atoms with Crippen molar-refractivity contribution in [3.63, 3.8) is 0 Å². The van der Waals surface area contributed by atoms with Crippen molar-refractivity contribution in [1.82, 2.24) is 29.9 Å². The van der Waals surface area contributed by atoms with Gasteiger partial charge in [-0.25, -0.2) is 0 Å². The second kappa shape index (κ2) is 6.86. The molecule has 8 heteroatoms. The fourth-order valence-corrected chi connectivity index (χ4v) is 3.08. The predicted molar refractivity (Wildman–Crippen MR) is 93.5 cm³/mol. The van der Waals surface area contributed by atoms with Crippen LogP contribution >= 0.6 is 11.8 Å². The fraction of sp³-hybridized carbons (Fsp3) is 0.118. The van der Waals surface area contributed by atoms with E-state index in [0.29, 0.717) is 17.5 Å². The highest BCUT2D eigenvalue weighted by atomic mass is 32.2. The second-order valence-electron chi connectivity index (χ2n) is 5.26. The zero-order chi connectivity index (χ0) is 17.1. The number of pyridine rings is 1. The Bertz CT molecular complexity index is 967. The first-order valence-corrected chi connectivity index (χ1v) is 8.60. The van der Waals surface area contributed by atoms with Gasteiger partial charge in [0.2, 0.25) is 11.8 Å². The minimum absolute atomic E-state index is 0.520. The maximum Gasteiger partial charge on any atom is 0.247 e. The summed E-state index contributed by atoms with van der Waals surface area (Å²) in [6.07, 6.45) is 3.47. The summed E-state index contributed by atoms with van der Waals surface area (Å²) in [7, 11) is 1.93. The van der Waals surface area contributed by atoms with Crippen LogP contribution in [0.15, 0.2) is 64.4 Å². The van der Waals surface area contributed by atoms with Gasteiger partial charge in [-0.05, 0) is 24.3 Å². The molecule has 124 valence electrons. The molecular formula is C17H14N6OS. The summed E-state index contributed by atoms with van der Waals surface area (Å²) < 4.78 is 7.65. The Hall–Kier alpha value is -3.00. The Morgan fingerprint density at radius 2 is 1.72 bits per heavy atom. The molecule has 4 rings (SSSR count). The van der Waals surface area contributed by atoms with Gasteiger partial charge >= 0.3 is 0 Å². The molecule has 0 aliphatic rings. The Morgan fingerprint density at radius 3 is 2.52 bits per heavy atom. The van der Waals surface area contributed by atoms with Crippen molar-refractivity contribution in [1.29, 1.82) is 0 Å². The number of nitrogens with zero attached hydrogens (tertiary/aromatic N) is 6. The average Bonchev–Trinajstić information content (AvgIpc) is 3.28. The van der Waals surface area contributed by atoms with Crippen molar-refractivity contribution >= 4 is 11.8 Å². The zero-order valence-electron chi connectivity index (χ0n) is 13.4. The van der Waals surface area contributed by atoms with E-state index in [4.69, 9.17) is 4.42 Å². The Balaban J connectivity index is 1.48. The van der Waals surface area contributed by atoms with Gasteiger partial charge in [-0.15, -0.1) is 20.4 Å². The van der Waals surface area contributed by atoms with Crippen molar-refractivity contribution in [3.8, 4) is 22.8 Å². The molecule has 0 N–H and O–H groups in total. The molecule has 0 fully saturated rings. The number of rotatable bonds is 5. The lowest BCUT2D eigenvalue weighted by molar-refractivity contribution is 0.528. The zero-order valence-corrected chi connectivity index (χ0v) is 14.2. The molecule has 25 heavy (non-hydrogen) atoms. The first-order valence-electron chi connectivity index (χ1n) is 7.61. The number of thioether (sulfide) groups is 1. The van der Waals surface area contributed by atoms with E-state index in [1.54, 1.807) is 12.4 Å². The van der Waals surface area contributed by atoms with E-state index in [2.05, 4.69) is 25.4 Å². The lowest BCUT2D eigenvalue weighted by Crippen LogP contribution is -1.95. The normalized spacial score (nSPS) is 10.9. The van der Waals surface area contributed by atoms with Crippen LogP contribution in [0.2, 0.25) is 0 Å². The van der Waals surface area contributed by atoms with E-state index in [1.807, 2.05) is 54.1 Å². The molecule has 4 aromatic rings. The van der Waals surface area contributed by atoms with Gasteiger partial charge in [0.15, 0.2) is 11.0 Å². The summed E-state index contributed by atoms with van der Waals surface area (Å²) >= 11 is 1.50. The van der Waals surface area contributed by atoms with Gasteiger partial charge in [0.25, 0.3) is 0 Å². The molecule has 0 aliphatic heterocycles. The van der Waals surface area contributed by atoms with Crippen LogP contribution in [0.25, 0.3) is 22.8 Å². The highest BCUT2D eigenvalue weighted by molar-refractivity contribution is 7.98. The van der Waals surface area contributed by atoms with Gasteiger partial charge in [0.05, 0.1) is 5.75 Å². The molecule has 0 radical (unpaired) electrons. The van der Waals surface area contributed by atoms with Crippen LogP contribution in [0.4, 0.5) is 0 Å². The number of benzene rings is 1. The van der Waals surface area contributed by atoms with Crippen LogP contribution in [0.1, 0.15) is 5.89 Å². The molecule has 0 atom stereocenters. The predicted octanol–water partition coefficient (Wildman–Crippen LogP) is 3.22. The van der Waals surface area contributed by atoms with Crippen molar-refractivity contribution in [2.75, 3.05) is 0 Å². The van der Waals surface area contributed by atoms with Crippen molar-refractivity contribution in [2.24, 2.45) is 7.05 Å². The van der Waals surface area contributed by atoms with E-state index in [1.165, 1.54) is 11.8 Å². The molecule has 0 saturated heterocycles. The van der Waals surface area contributed by atoms with Crippen molar-refractivity contribution in [2.45, 2.75) is 10.9 Å². The highest BCUT2D eigenvalue weighted by Crippen LogP contribution is 2.25. The summed E-state index contributed by atoms with van der Waals surface area (Å²) in [5.74, 6) is 2.40.